The average molecular weight is 317 g/mol. The van der Waals surface area contributed by atoms with E-state index >= 15 is 0 Å². The lowest BCUT2D eigenvalue weighted by Crippen LogP contribution is -2.20. The number of aryl methyl sites for hydroxylation is 1. The minimum absolute atomic E-state index is 0.414. The molecule has 2 aromatic rings. The number of aliphatic hydroxyl groups excluding tert-OH is 1. The lowest BCUT2D eigenvalue weighted by Gasteiger charge is -2.13. The number of aliphatic hydroxyl groups is 1. The van der Waals surface area contributed by atoms with Gasteiger partial charge in [0.25, 0.3) is 0 Å². The van der Waals surface area contributed by atoms with E-state index in [9.17, 15) is 5.11 Å². The molecule has 1 atom stereocenters. The Morgan fingerprint density at radius 2 is 2.21 bits per heavy atom. The van der Waals surface area contributed by atoms with Gasteiger partial charge in [-0.1, -0.05) is 23.2 Å². The van der Waals surface area contributed by atoms with E-state index < -0.39 is 6.10 Å². The first kappa shape index (κ1) is 14.8. The third kappa shape index (κ3) is 4.16. The average Bonchev–Trinajstić information content (AvgIpc) is 2.78. The van der Waals surface area contributed by atoms with E-state index in [2.05, 4.69) is 10.3 Å². The Hall–Kier alpha value is -0.650. The number of rotatable bonds is 5. The summed E-state index contributed by atoms with van der Waals surface area (Å²) >= 11 is 13.6. The minimum Gasteiger partial charge on any atom is -0.387 e. The maximum absolute atomic E-state index is 10.1. The van der Waals surface area contributed by atoms with Crippen molar-refractivity contribution in [2.24, 2.45) is 0 Å². The topological polar surface area (TPSA) is 45.2 Å². The van der Waals surface area contributed by atoms with Crippen LogP contribution >= 0.6 is 34.5 Å². The summed E-state index contributed by atoms with van der Waals surface area (Å²) in [5.74, 6) is 0. The molecule has 1 heterocycles. The van der Waals surface area contributed by atoms with Gasteiger partial charge in [0, 0.05) is 39.8 Å². The van der Waals surface area contributed by atoms with Crippen molar-refractivity contribution >= 4 is 34.5 Å². The van der Waals surface area contributed by atoms with Gasteiger partial charge in [-0.3, -0.25) is 0 Å². The van der Waals surface area contributed by atoms with Crippen LogP contribution in [0, 0.1) is 6.92 Å². The van der Waals surface area contributed by atoms with Crippen molar-refractivity contribution in [2.45, 2.75) is 19.6 Å². The standard InChI is InChI=1S/C13H14Cl2N2OS/c1-8-17-6-10(19-8)5-16-7-13(18)11-4-9(14)2-3-12(11)15/h2-4,6,13,16,18H,5,7H2,1H3. The first-order valence-electron chi connectivity index (χ1n) is 5.81. The Kier molecular flexibility index (Phi) is 5.19. The second kappa shape index (κ2) is 6.68. The van der Waals surface area contributed by atoms with E-state index in [4.69, 9.17) is 23.2 Å². The summed E-state index contributed by atoms with van der Waals surface area (Å²) in [5.41, 5.74) is 0.641. The van der Waals surface area contributed by atoms with Crippen LogP contribution in [0.25, 0.3) is 0 Å². The van der Waals surface area contributed by atoms with Crippen LogP contribution in [0.4, 0.5) is 0 Å². The van der Waals surface area contributed by atoms with E-state index in [1.165, 1.54) is 0 Å². The maximum atomic E-state index is 10.1. The number of hydrogen-bond donors (Lipinski definition) is 2. The first-order valence-corrected chi connectivity index (χ1v) is 7.38. The van der Waals surface area contributed by atoms with E-state index in [1.807, 2.05) is 13.1 Å². The summed E-state index contributed by atoms with van der Waals surface area (Å²) in [6.45, 7) is 3.06. The van der Waals surface area contributed by atoms with Crippen molar-refractivity contribution in [1.82, 2.24) is 10.3 Å². The summed E-state index contributed by atoms with van der Waals surface area (Å²) < 4.78 is 0. The summed E-state index contributed by atoms with van der Waals surface area (Å²) in [6, 6.07) is 5.08. The molecule has 1 aromatic carbocycles. The van der Waals surface area contributed by atoms with Gasteiger partial charge >= 0.3 is 0 Å². The van der Waals surface area contributed by atoms with Gasteiger partial charge in [0.2, 0.25) is 0 Å². The van der Waals surface area contributed by atoms with Crippen molar-refractivity contribution in [2.75, 3.05) is 6.54 Å². The third-order valence-corrected chi connectivity index (χ3v) is 4.12. The van der Waals surface area contributed by atoms with Crippen LogP contribution in [0.15, 0.2) is 24.4 Å². The summed E-state index contributed by atoms with van der Waals surface area (Å²) in [6.07, 6.45) is 1.16. The molecular formula is C13H14Cl2N2OS. The lowest BCUT2D eigenvalue weighted by molar-refractivity contribution is 0.174. The number of nitrogens with one attached hydrogen (secondary N) is 1. The molecule has 6 heteroatoms. The van der Waals surface area contributed by atoms with Crippen LogP contribution in [-0.4, -0.2) is 16.6 Å². The fourth-order valence-electron chi connectivity index (χ4n) is 1.70. The number of nitrogens with zero attached hydrogens (tertiary/aromatic N) is 1. The van der Waals surface area contributed by atoms with Crippen LogP contribution in [0.1, 0.15) is 21.6 Å². The second-order valence-corrected chi connectivity index (χ2v) is 6.32. The van der Waals surface area contributed by atoms with Gasteiger partial charge in [0.05, 0.1) is 11.1 Å². The highest BCUT2D eigenvalue weighted by molar-refractivity contribution is 7.11. The molecular weight excluding hydrogens is 303 g/mol. The van der Waals surface area contributed by atoms with Gasteiger partial charge in [-0.15, -0.1) is 11.3 Å². The number of halogens is 2. The van der Waals surface area contributed by atoms with E-state index in [-0.39, 0.29) is 0 Å². The van der Waals surface area contributed by atoms with Gasteiger partial charge in [-0.25, -0.2) is 4.98 Å². The molecule has 0 saturated heterocycles. The molecule has 0 amide bonds. The van der Waals surface area contributed by atoms with Crippen LogP contribution in [0.3, 0.4) is 0 Å². The van der Waals surface area contributed by atoms with Crippen molar-refractivity contribution in [1.29, 1.82) is 0 Å². The highest BCUT2D eigenvalue weighted by atomic mass is 35.5. The van der Waals surface area contributed by atoms with Gasteiger partial charge < -0.3 is 10.4 Å². The lowest BCUT2D eigenvalue weighted by atomic mass is 10.1. The number of aromatic nitrogens is 1. The Labute approximate surface area is 126 Å². The zero-order chi connectivity index (χ0) is 13.8. The van der Waals surface area contributed by atoms with Crippen LogP contribution in [0.2, 0.25) is 10.0 Å². The first-order chi connectivity index (χ1) is 9.06. The zero-order valence-corrected chi connectivity index (χ0v) is 12.7. The molecule has 0 aliphatic carbocycles. The molecule has 0 bridgehead atoms. The monoisotopic (exact) mass is 316 g/mol. The Bertz CT molecular complexity index is 559. The highest BCUT2D eigenvalue weighted by Crippen LogP contribution is 2.26. The number of thiazole rings is 1. The Balaban J connectivity index is 1.90. The number of hydrogen-bond acceptors (Lipinski definition) is 4. The predicted molar refractivity (Wildman–Crippen MR) is 80.0 cm³/mol. The van der Waals surface area contributed by atoms with Crippen LogP contribution in [0.5, 0.6) is 0 Å². The molecule has 19 heavy (non-hydrogen) atoms. The van der Waals surface area contributed by atoms with E-state index in [1.54, 1.807) is 29.5 Å². The summed E-state index contributed by atoms with van der Waals surface area (Å²) in [7, 11) is 0. The zero-order valence-electron chi connectivity index (χ0n) is 10.4. The Morgan fingerprint density at radius 1 is 1.42 bits per heavy atom. The smallest absolute Gasteiger partial charge is 0.0929 e. The van der Waals surface area contributed by atoms with Crippen molar-refractivity contribution in [3.05, 3.63) is 49.9 Å². The molecule has 1 unspecified atom stereocenters. The van der Waals surface area contributed by atoms with Gasteiger partial charge in [-0.2, -0.15) is 0 Å². The van der Waals surface area contributed by atoms with Crippen molar-refractivity contribution < 1.29 is 5.11 Å². The molecule has 2 N–H and O–H groups in total. The second-order valence-electron chi connectivity index (χ2n) is 4.16. The minimum atomic E-state index is -0.680. The van der Waals surface area contributed by atoms with Crippen molar-refractivity contribution in [3.8, 4) is 0 Å². The fraction of sp³-hybridized carbons (Fsp3) is 0.308. The molecule has 3 nitrogen and oxygen atoms in total. The molecule has 0 fully saturated rings. The summed E-state index contributed by atoms with van der Waals surface area (Å²) in [5, 5.41) is 15.4. The van der Waals surface area contributed by atoms with E-state index in [0.29, 0.717) is 28.7 Å². The predicted octanol–water partition coefficient (Wildman–Crippen LogP) is 3.58. The van der Waals surface area contributed by atoms with Crippen LogP contribution in [-0.2, 0) is 6.54 Å². The molecule has 2 rings (SSSR count). The van der Waals surface area contributed by atoms with Crippen molar-refractivity contribution in [3.63, 3.8) is 0 Å². The van der Waals surface area contributed by atoms with Gasteiger partial charge in [0.1, 0.15) is 0 Å². The van der Waals surface area contributed by atoms with Crippen LogP contribution < -0.4 is 5.32 Å². The van der Waals surface area contributed by atoms with E-state index in [0.717, 1.165) is 9.88 Å². The molecule has 0 aliphatic rings. The Morgan fingerprint density at radius 3 is 2.89 bits per heavy atom. The molecule has 1 aromatic heterocycles. The molecule has 102 valence electrons. The maximum Gasteiger partial charge on any atom is 0.0929 e. The SMILES string of the molecule is Cc1ncc(CNCC(O)c2cc(Cl)ccc2Cl)s1. The molecule has 0 spiro atoms. The van der Waals surface area contributed by atoms with Gasteiger partial charge in [-0.05, 0) is 25.1 Å². The third-order valence-electron chi connectivity index (χ3n) is 2.62. The summed E-state index contributed by atoms with van der Waals surface area (Å²) in [4.78, 5) is 5.32. The quantitative estimate of drug-likeness (QED) is 0.886. The molecule has 0 radical (unpaired) electrons. The fourth-order valence-corrected chi connectivity index (χ4v) is 2.89. The highest BCUT2D eigenvalue weighted by Gasteiger charge is 2.12. The molecule has 0 saturated carbocycles. The largest absolute Gasteiger partial charge is 0.387 e. The van der Waals surface area contributed by atoms with Gasteiger partial charge in [0.15, 0.2) is 0 Å². The number of benzene rings is 1. The normalized spacial score (nSPS) is 12.6. The molecule has 0 aliphatic heterocycles.